The highest BCUT2D eigenvalue weighted by molar-refractivity contribution is 7.55. The Labute approximate surface area is 114 Å². The van der Waals surface area contributed by atoms with Crippen molar-refractivity contribution in [2.75, 3.05) is 19.9 Å². The molecule has 0 fully saturated rings. The van der Waals surface area contributed by atoms with Crippen molar-refractivity contribution in [1.29, 1.82) is 0 Å². The Morgan fingerprint density at radius 3 is 2.28 bits per heavy atom. The van der Waals surface area contributed by atoms with E-state index in [-0.39, 0.29) is 13.5 Å². The summed E-state index contributed by atoms with van der Waals surface area (Å²) < 4.78 is 5.78. The molecule has 0 aliphatic rings. The summed E-state index contributed by atoms with van der Waals surface area (Å²) in [5.74, 6) is 0. The third kappa shape index (κ3) is 5.50. The Kier molecular flexibility index (Phi) is 6.32. The van der Waals surface area contributed by atoms with E-state index in [2.05, 4.69) is 58.4 Å². The highest BCUT2D eigenvalue weighted by Crippen LogP contribution is 2.32. The summed E-state index contributed by atoms with van der Waals surface area (Å²) in [6, 6.07) is 8.87. The van der Waals surface area contributed by atoms with Gasteiger partial charge in [0.15, 0.2) is 0 Å². The lowest BCUT2D eigenvalue weighted by molar-refractivity contribution is -0.0158. The quantitative estimate of drug-likeness (QED) is 0.651. The number of hydrogen-bond acceptors (Lipinski definition) is 1. The van der Waals surface area contributed by atoms with Crippen LogP contribution in [0.3, 0.4) is 0 Å². The molecule has 0 aliphatic carbocycles. The molecule has 0 bridgehead atoms. The monoisotopic (exact) mass is 266 g/mol. The molecule has 0 N–H and O–H groups in total. The second kappa shape index (κ2) is 7.26. The van der Waals surface area contributed by atoms with Crippen LogP contribution in [0.4, 0.5) is 0 Å². The van der Waals surface area contributed by atoms with Gasteiger partial charge in [-0.2, -0.15) is 0 Å². The number of benzene rings is 1. The van der Waals surface area contributed by atoms with E-state index in [9.17, 15) is 0 Å². The van der Waals surface area contributed by atoms with Gasteiger partial charge in [0.25, 0.3) is 0 Å². The molecule has 0 saturated heterocycles. The Morgan fingerprint density at radius 2 is 1.72 bits per heavy atom. The average Bonchev–Trinajstić information content (AvgIpc) is 2.27. The molecule has 0 amide bonds. The normalized spacial score (nSPS) is 12.1. The smallest absolute Gasteiger partial charge is 0.0629 e. The van der Waals surface area contributed by atoms with Crippen LogP contribution in [0.1, 0.15) is 38.3 Å². The van der Waals surface area contributed by atoms with E-state index in [0.717, 1.165) is 19.4 Å². The van der Waals surface area contributed by atoms with E-state index >= 15 is 0 Å². The average molecular weight is 266 g/mol. The molecule has 0 heterocycles. The summed E-state index contributed by atoms with van der Waals surface area (Å²) in [5.41, 5.74) is 3.02. The van der Waals surface area contributed by atoms with Gasteiger partial charge in [0, 0.05) is 6.61 Å². The number of ether oxygens (including phenoxy) is 1. The van der Waals surface area contributed by atoms with Crippen molar-refractivity contribution in [3.05, 3.63) is 35.4 Å². The second-order valence-electron chi connectivity index (χ2n) is 5.70. The van der Waals surface area contributed by atoms with Crippen molar-refractivity contribution in [3.8, 4) is 0 Å². The third-order valence-electron chi connectivity index (χ3n) is 3.14. The van der Waals surface area contributed by atoms with Gasteiger partial charge in [0.2, 0.25) is 0 Å². The molecule has 1 aromatic carbocycles. The van der Waals surface area contributed by atoms with E-state index in [4.69, 9.17) is 4.74 Å². The molecule has 0 aliphatic heterocycles. The Hall–Kier alpha value is -0.390. The van der Waals surface area contributed by atoms with Crippen molar-refractivity contribution in [2.24, 2.45) is 0 Å². The molecule has 0 aromatic heterocycles. The predicted molar refractivity (Wildman–Crippen MR) is 82.9 cm³/mol. The molecule has 1 aromatic rings. The first-order valence-electron chi connectivity index (χ1n) is 6.80. The molecule has 1 nitrogen and oxygen atoms in total. The fourth-order valence-corrected chi connectivity index (χ4v) is 3.18. The number of hydrogen-bond donors (Lipinski definition) is 0. The molecule has 0 saturated carbocycles. The molecule has 0 unspecified atom stereocenters. The van der Waals surface area contributed by atoms with Crippen molar-refractivity contribution in [1.82, 2.24) is 0 Å². The molecular formula is C16H27OP. The van der Waals surface area contributed by atoms with Crippen LogP contribution >= 0.6 is 7.92 Å². The van der Waals surface area contributed by atoms with Crippen molar-refractivity contribution >= 4 is 7.92 Å². The first kappa shape index (κ1) is 15.7. The van der Waals surface area contributed by atoms with E-state index in [1.165, 1.54) is 17.3 Å². The fourth-order valence-electron chi connectivity index (χ4n) is 2.19. The minimum absolute atomic E-state index is 0.00890. The lowest BCUT2D eigenvalue weighted by atomic mass is 9.96. The fraction of sp³-hybridized carbons (Fsp3) is 0.625. The highest BCUT2D eigenvalue weighted by atomic mass is 31.1. The standard InChI is InChI=1S/C16H27OP/c1-6-17-16(2,3)12-11-14-9-7-8-10-15(14)13-18(4)5/h7-10H,6,11-13H2,1-5H3. The zero-order chi connectivity index (χ0) is 13.6. The molecular weight excluding hydrogens is 239 g/mol. The SMILES string of the molecule is CCOC(C)(C)CCc1ccccc1CP(C)C. The van der Waals surface area contributed by atoms with Gasteiger partial charge < -0.3 is 4.74 Å². The Bertz CT molecular complexity index is 358. The summed E-state index contributed by atoms with van der Waals surface area (Å²) in [5, 5.41) is 0. The van der Waals surface area contributed by atoms with Crippen LogP contribution in [0.15, 0.2) is 24.3 Å². The summed E-state index contributed by atoms with van der Waals surface area (Å²) in [6.07, 6.45) is 3.44. The van der Waals surface area contributed by atoms with Crippen LogP contribution in [0.25, 0.3) is 0 Å². The Balaban J connectivity index is 2.66. The summed E-state index contributed by atoms with van der Waals surface area (Å²) >= 11 is 0. The molecule has 0 radical (unpaired) electrons. The molecule has 1 rings (SSSR count). The van der Waals surface area contributed by atoms with Gasteiger partial charge in [-0.3, -0.25) is 0 Å². The minimum Gasteiger partial charge on any atom is -0.376 e. The Morgan fingerprint density at radius 1 is 1.11 bits per heavy atom. The van der Waals surface area contributed by atoms with Crippen LogP contribution in [0.2, 0.25) is 0 Å². The maximum Gasteiger partial charge on any atom is 0.0629 e. The van der Waals surface area contributed by atoms with Crippen molar-refractivity contribution < 1.29 is 4.74 Å². The van der Waals surface area contributed by atoms with Gasteiger partial charge in [-0.15, -0.1) is 7.92 Å². The van der Waals surface area contributed by atoms with Gasteiger partial charge in [0.05, 0.1) is 5.60 Å². The largest absolute Gasteiger partial charge is 0.376 e. The zero-order valence-electron chi connectivity index (χ0n) is 12.5. The second-order valence-corrected chi connectivity index (χ2v) is 8.17. The van der Waals surface area contributed by atoms with Crippen LogP contribution in [0.5, 0.6) is 0 Å². The molecule has 102 valence electrons. The van der Waals surface area contributed by atoms with Crippen molar-refractivity contribution in [2.45, 2.75) is 45.4 Å². The topological polar surface area (TPSA) is 9.23 Å². The summed E-state index contributed by atoms with van der Waals surface area (Å²) in [6.45, 7) is 11.9. The number of aryl methyl sites for hydroxylation is 1. The van der Waals surface area contributed by atoms with Crippen LogP contribution in [0, 0.1) is 0 Å². The number of rotatable bonds is 7. The van der Waals surface area contributed by atoms with E-state index in [1.54, 1.807) is 0 Å². The summed E-state index contributed by atoms with van der Waals surface area (Å²) in [7, 11) is 0.130. The lowest BCUT2D eigenvalue weighted by Crippen LogP contribution is -2.25. The predicted octanol–water partition coefficient (Wildman–Crippen LogP) is 4.68. The third-order valence-corrected chi connectivity index (χ3v) is 4.11. The van der Waals surface area contributed by atoms with Crippen molar-refractivity contribution in [3.63, 3.8) is 0 Å². The first-order chi connectivity index (χ1) is 8.44. The lowest BCUT2D eigenvalue weighted by Gasteiger charge is -2.25. The maximum atomic E-state index is 5.78. The maximum absolute atomic E-state index is 5.78. The zero-order valence-corrected chi connectivity index (χ0v) is 13.4. The molecule has 18 heavy (non-hydrogen) atoms. The van der Waals surface area contributed by atoms with Gasteiger partial charge in [-0.25, -0.2) is 0 Å². The first-order valence-corrected chi connectivity index (χ1v) is 9.22. The molecule has 2 heteroatoms. The van der Waals surface area contributed by atoms with Gasteiger partial charge in [0.1, 0.15) is 0 Å². The van der Waals surface area contributed by atoms with Crippen LogP contribution in [-0.2, 0) is 17.3 Å². The van der Waals surface area contributed by atoms with Gasteiger partial charge in [-0.1, -0.05) is 24.3 Å². The van der Waals surface area contributed by atoms with Gasteiger partial charge in [-0.05, 0) is 64.2 Å². The minimum atomic E-state index is -0.00890. The molecule has 0 atom stereocenters. The molecule has 0 spiro atoms. The van der Waals surface area contributed by atoms with Gasteiger partial charge >= 0.3 is 0 Å². The van der Waals surface area contributed by atoms with E-state index < -0.39 is 0 Å². The van der Waals surface area contributed by atoms with Crippen LogP contribution < -0.4 is 0 Å². The highest BCUT2D eigenvalue weighted by Gasteiger charge is 2.18. The van der Waals surface area contributed by atoms with E-state index in [0.29, 0.717) is 0 Å². The van der Waals surface area contributed by atoms with Crippen LogP contribution in [-0.4, -0.2) is 25.5 Å². The summed E-state index contributed by atoms with van der Waals surface area (Å²) in [4.78, 5) is 0. The van der Waals surface area contributed by atoms with E-state index in [1.807, 2.05) is 0 Å².